The third kappa shape index (κ3) is 12.2. The normalized spacial score (nSPS) is 10.6. The molecule has 224 valence electrons. The highest BCUT2D eigenvalue weighted by Crippen LogP contribution is 2.21. The molecule has 0 amide bonds. The molecule has 0 unspecified atom stereocenters. The molecule has 0 fully saturated rings. The number of aromatic nitrogens is 2. The van der Waals surface area contributed by atoms with Crippen LogP contribution in [0.25, 0.3) is 0 Å². The van der Waals surface area contributed by atoms with Crippen LogP contribution in [0.2, 0.25) is 0 Å². The standard InChI is InChI=1S/C21H21NO2S.C15H19NOS/c23-20(18-13-7-3-8-14-18)24-21-22-19(16-25-21)15-9-2-6-12-17-10-4-1-5-11-17;17-11-15-16-14(12-18-15)10-6-2-5-9-13-7-3-1-4-8-13/h1,3-5,7-8,10-11,13-14,16H,2,6,9,12,15H2;1,3-4,7-8,12,17H,2,5-6,9-11H2. The van der Waals surface area contributed by atoms with Crippen LogP contribution in [0.15, 0.2) is 102 Å². The van der Waals surface area contributed by atoms with E-state index in [1.165, 1.54) is 61.0 Å². The van der Waals surface area contributed by atoms with Gasteiger partial charge in [-0.05, 0) is 74.6 Å². The third-order valence-electron chi connectivity index (χ3n) is 6.94. The predicted molar refractivity (Wildman–Crippen MR) is 177 cm³/mol. The molecule has 2 heterocycles. The van der Waals surface area contributed by atoms with Crippen LogP contribution in [0.5, 0.6) is 5.19 Å². The quantitative estimate of drug-likeness (QED) is 0.0944. The molecule has 3 aromatic carbocycles. The Morgan fingerprint density at radius 2 is 1.09 bits per heavy atom. The van der Waals surface area contributed by atoms with Crippen LogP contribution in [-0.2, 0) is 32.3 Å². The Labute approximate surface area is 263 Å². The average molecular weight is 613 g/mol. The smallest absolute Gasteiger partial charge is 0.345 e. The maximum atomic E-state index is 12.0. The van der Waals surface area contributed by atoms with Gasteiger partial charge in [0, 0.05) is 10.8 Å². The summed E-state index contributed by atoms with van der Waals surface area (Å²) in [6.07, 6.45) is 11.4. The molecule has 0 spiro atoms. The van der Waals surface area contributed by atoms with E-state index in [4.69, 9.17) is 9.84 Å². The zero-order chi connectivity index (χ0) is 30.0. The highest BCUT2D eigenvalue weighted by molar-refractivity contribution is 7.11. The number of esters is 1. The molecule has 7 heteroatoms. The molecule has 0 saturated carbocycles. The summed E-state index contributed by atoms with van der Waals surface area (Å²) in [6.45, 7) is 0.0681. The van der Waals surface area contributed by atoms with Crippen molar-refractivity contribution in [3.8, 4) is 5.19 Å². The van der Waals surface area contributed by atoms with Crippen molar-refractivity contribution >= 4 is 28.6 Å². The van der Waals surface area contributed by atoms with Gasteiger partial charge in [0.05, 0.1) is 23.6 Å². The van der Waals surface area contributed by atoms with Gasteiger partial charge in [-0.2, -0.15) is 0 Å². The van der Waals surface area contributed by atoms with Crippen LogP contribution in [0, 0.1) is 0 Å². The van der Waals surface area contributed by atoms with Crippen LogP contribution in [-0.4, -0.2) is 21.0 Å². The number of hydrogen-bond acceptors (Lipinski definition) is 7. The average Bonchev–Trinajstić information content (AvgIpc) is 3.72. The van der Waals surface area contributed by atoms with Crippen molar-refractivity contribution in [1.82, 2.24) is 9.97 Å². The van der Waals surface area contributed by atoms with Crippen molar-refractivity contribution in [3.05, 3.63) is 135 Å². The molecule has 0 aliphatic carbocycles. The van der Waals surface area contributed by atoms with E-state index < -0.39 is 0 Å². The number of unbranched alkanes of at least 4 members (excludes halogenated alkanes) is 4. The molecule has 0 bridgehead atoms. The van der Waals surface area contributed by atoms with Crippen molar-refractivity contribution in [1.29, 1.82) is 0 Å². The number of carbonyl (C=O) groups excluding carboxylic acids is 1. The molecule has 0 atom stereocenters. The summed E-state index contributed by atoms with van der Waals surface area (Å²) in [7, 11) is 0. The van der Waals surface area contributed by atoms with E-state index in [1.807, 2.05) is 29.6 Å². The summed E-state index contributed by atoms with van der Waals surface area (Å²) in [5, 5.41) is 14.2. The van der Waals surface area contributed by atoms with E-state index in [9.17, 15) is 4.79 Å². The number of aliphatic hydroxyl groups is 1. The molecule has 5 nitrogen and oxygen atoms in total. The van der Waals surface area contributed by atoms with E-state index in [0.717, 1.165) is 42.1 Å². The monoisotopic (exact) mass is 612 g/mol. The number of thiazole rings is 2. The van der Waals surface area contributed by atoms with E-state index in [-0.39, 0.29) is 12.6 Å². The minimum Gasteiger partial charge on any atom is -0.394 e. The number of rotatable bonds is 15. The lowest BCUT2D eigenvalue weighted by molar-refractivity contribution is 0.0734. The van der Waals surface area contributed by atoms with Crippen molar-refractivity contribution in [2.75, 3.05) is 0 Å². The maximum absolute atomic E-state index is 12.0. The molecule has 5 aromatic rings. The minimum absolute atomic E-state index is 0.0681. The van der Waals surface area contributed by atoms with Gasteiger partial charge in [0.2, 0.25) is 0 Å². The highest BCUT2D eigenvalue weighted by atomic mass is 32.1. The van der Waals surface area contributed by atoms with Gasteiger partial charge in [-0.15, -0.1) is 11.3 Å². The summed E-state index contributed by atoms with van der Waals surface area (Å²) in [5.41, 5.74) is 5.49. The van der Waals surface area contributed by atoms with Crippen molar-refractivity contribution in [3.63, 3.8) is 0 Å². The predicted octanol–water partition coefficient (Wildman–Crippen LogP) is 8.91. The fourth-order valence-corrected chi connectivity index (χ4v) is 6.00. The Balaban J connectivity index is 0.000000208. The second-order valence-electron chi connectivity index (χ2n) is 10.3. The zero-order valence-corrected chi connectivity index (χ0v) is 26.2. The van der Waals surface area contributed by atoms with E-state index in [0.29, 0.717) is 10.8 Å². The minimum atomic E-state index is -0.357. The lowest BCUT2D eigenvalue weighted by Crippen LogP contribution is -2.07. The van der Waals surface area contributed by atoms with Gasteiger partial charge < -0.3 is 9.84 Å². The van der Waals surface area contributed by atoms with Gasteiger partial charge in [-0.1, -0.05) is 103 Å². The van der Waals surface area contributed by atoms with E-state index in [1.54, 1.807) is 23.5 Å². The molecule has 0 saturated heterocycles. The van der Waals surface area contributed by atoms with Gasteiger partial charge >= 0.3 is 5.97 Å². The van der Waals surface area contributed by atoms with E-state index in [2.05, 4.69) is 69.9 Å². The van der Waals surface area contributed by atoms with Crippen LogP contribution in [0.1, 0.15) is 76.4 Å². The lowest BCUT2D eigenvalue weighted by atomic mass is 10.1. The van der Waals surface area contributed by atoms with Crippen LogP contribution >= 0.6 is 22.7 Å². The highest BCUT2D eigenvalue weighted by Gasteiger charge is 2.11. The molecule has 43 heavy (non-hydrogen) atoms. The zero-order valence-electron chi connectivity index (χ0n) is 24.6. The Morgan fingerprint density at radius 1 is 0.605 bits per heavy atom. The Kier molecular flexibility index (Phi) is 14.1. The summed E-state index contributed by atoms with van der Waals surface area (Å²) in [5.74, 6) is -0.357. The number of hydrogen-bond donors (Lipinski definition) is 1. The summed E-state index contributed by atoms with van der Waals surface area (Å²) < 4.78 is 5.33. The number of aliphatic hydroxyl groups excluding tert-OH is 1. The topological polar surface area (TPSA) is 72.3 Å². The van der Waals surface area contributed by atoms with Crippen LogP contribution in [0.3, 0.4) is 0 Å². The summed E-state index contributed by atoms with van der Waals surface area (Å²) >= 11 is 2.93. The SMILES string of the molecule is O=C(Oc1nc(CCCCCc2ccccc2)cs1)c1ccccc1.OCc1nc(CCCCCc2ccccc2)cs1. The number of aryl methyl sites for hydroxylation is 4. The van der Waals surface area contributed by atoms with Crippen molar-refractivity contribution in [2.24, 2.45) is 0 Å². The van der Waals surface area contributed by atoms with E-state index >= 15 is 0 Å². The number of nitrogens with zero attached hydrogens (tertiary/aromatic N) is 2. The first-order valence-electron chi connectivity index (χ1n) is 15.0. The first-order valence-corrected chi connectivity index (χ1v) is 16.8. The molecule has 0 radical (unpaired) electrons. The Morgan fingerprint density at radius 3 is 1.63 bits per heavy atom. The maximum Gasteiger partial charge on any atom is 0.345 e. The van der Waals surface area contributed by atoms with Crippen LogP contribution in [0.4, 0.5) is 0 Å². The fourth-order valence-electron chi connectivity index (χ4n) is 4.61. The summed E-state index contributed by atoms with van der Waals surface area (Å²) in [6, 6.07) is 30.2. The first-order chi connectivity index (χ1) is 21.2. The van der Waals surface area contributed by atoms with Crippen molar-refractivity contribution in [2.45, 2.75) is 70.8 Å². The largest absolute Gasteiger partial charge is 0.394 e. The Bertz CT molecular complexity index is 1450. The molecule has 2 aromatic heterocycles. The van der Waals surface area contributed by atoms with Crippen molar-refractivity contribution < 1.29 is 14.6 Å². The fraction of sp³-hybridized carbons (Fsp3) is 0.306. The van der Waals surface area contributed by atoms with Crippen LogP contribution < -0.4 is 4.74 Å². The van der Waals surface area contributed by atoms with Gasteiger partial charge in [0.25, 0.3) is 5.19 Å². The molecule has 0 aliphatic rings. The summed E-state index contributed by atoms with van der Waals surface area (Å²) in [4.78, 5) is 20.8. The number of ether oxygens (including phenoxy) is 1. The molecule has 5 rings (SSSR count). The third-order valence-corrected chi connectivity index (χ3v) is 8.59. The number of carbonyl (C=O) groups is 1. The second kappa shape index (κ2) is 18.8. The lowest BCUT2D eigenvalue weighted by Gasteiger charge is -2.01. The molecule has 1 N–H and O–H groups in total. The molecular weight excluding hydrogens is 573 g/mol. The van der Waals surface area contributed by atoms with Gasteiger partial charge in [-0.25, -0.2) is 14.8 Å². The van der Waals surface area contributed by atoms with Gasteiger partial charge in [0.1, 0.15) is 5.01 Å². The Hall–Kier alpha value is -3.65. The van der Waals surface area contributed by atoms with Gasteiger partial charge in [0.15, 0.2) is 0 Å². The molecule has 0 aliphatic heterocycles. The van der Waals surface area contributed by atoms with Gasteiger partial charge in [-0.3, -0.25) is 0 Å². The first kappa shape index (κ1) is 32.3. The molecular formula is C36H40N2O3S2. The number of benzene rings is 3. The second-order valence-corrected chi connectivity index (χ2v) is 12.1.